The third-order valence-electron chi connectivity index (χ3n) is 3.14. The fourth-order valence-electron chi connectivity index (χ4n) is 2.01. The van der Waals surface area contributed by atoms with Gasteiger partial charge in [-0.3, -0.25) is 14.5 Å². The molecule has 0 aliphatic rings. The highest BCUT2D eigenvalue weighted by Crippen LogP contribution is 2.18. The van der Waals surface area contributed by atoms with Gasteiger partial charge in [-0.1, -0.05) is 4.49 Å². The first-order valence-corrected chi connectivity index (χ1v) is 7.41. The monoisotopic (exact) mass is 314 g/mol. The largest absolute Gasteiger partial charge is 0.347 e. The maximum Gasteiger partial charge on any atom is 0.265 e. The first kappa shape index (κ1) is 14.3. The van der Waals surface area contributed by atoms with Crippen LogP contribution in [0, 0.1) is 6.92 Å². The molecule has 0 fully saturated rings. The van der Waals surface area contributed by atoms with Crippen LogP contribution in [0.3, 0.4) is 0 Å². The number of nitrogens with zero attached hydrogens (tertiary/aromatic N) is 5. The first-order chi connectivity index (χ1) is 10.6. The molecule has 0 saturated heterocycles. The van der Waals surface area contributed by atoms with Crippen molar-refractivity contribution in [2.75, 3.05) is 0 Å². The topological polar surface area (TPSA) is 85.6 Å². The SMILES string of the molecule is Cc1nnsc1C(=O)NCc1cncc(-c2cnn(C)c2)c1. The molecule has 0 aromatic carbocycles. The summed E-state index contributed by atoms with van der Waals surface area (Å²) in [6.07, 6.45) is 7.22. The van der Waals surface area contributed by atoms with Crippen LogP contribution in [0.4, 0.5) is 0 Å². The second-order valence-corrected chi connectivity index (χ2v) is 5.61. The minimum atomic E-state index is -0.167. The molecule has 0 aliphatic heterocycles. The summed E-state index contributed by atoms with van der Waals surface area (Å²) in [6, 6.07) is 1.99. The van der Waals surface area contributed by atoms with Gasteiger partial charge in [0.2, 0.25) is 0 Å². The number of aryl methyl sites for hydroxylation is 2. The third kappa shape index (κ3) is 3.01. The van der Waals surface area contributed by atoms with Crippen molar-refractivity contribution >= 4 is 17.4 Å². The van der Waals surface area contributed by atoms with Crippen LogP contribution < -0.4 is 5.32 Å². The molecular formula is C14H14N6OS. The molecule has 3 rings (SSSR count). The summed E-state index contributed by atoms with van der Waals surface area (Å²) in [5.41, 5.74) is 3.52. The van der Waals surface area contributed by atoms with Gasteiger partial charge in [0.05, 0.1) is 11.9 Å². The molecule has 8 heteroatoms. The van der Waals surface area contributed by atoms with Gasteiger partial charge in [-0.2, -0.15) is 5.10 Å². The Morgan fingerprint density at radius 3 is 2.86 bits per heavy atom. The standard InChI is InChI=1S/C14H14N6OS/c1-9-13(22-19-18-9)14(21)16-5-10-3-11(6-15-4-10)12-7-17-20(2)8-12/h3-4,6-8H,5H2,1-2H3,(H,16,21). The van der Waals surface area contributed by atoms with E-state index in [9.17, 15) is 4.79 Å². The Hall–Kier alpha value is -2.61. The van der Waals surface area contributed by atoms with Crippen molar-refractivity contribution in [3.05, 3.63) is 47.0 Å². The van der Waals surface area contributed by atoms with Crippen LogP contribution in [-0.4, -0.2) is 30.3 Å². The van der Waals surface area contributed by atoms with Crippen molar-refractivity contribution < 1.29 is 4.79 Å². The summed E-state index contributed by atoms with van der Waals surface area (Å²) >= 11 is 1.10. The van der Waals surface area contributed by atoms with Crippen LogP contribution in [0.15, 0.2) is 30.9 Å². The zero-order valence-electron chi connectivity index (χ0n) is 12.1. The molecule has 22 heavy (non-hydrogen) atoms. The Morgan fingerprint density at radius 2 is 2.18 bits per heavy atom. The molecule has 0 spiro atoms. The van der Waals surface area contributed by atoms with E-state index in [0.717, 1.165) is 28.2 Å². The number of carbonyl (C=O) groups excluding carboxylic acids is 1. The van der Waals surface area contributed by atoms with Crippen molar-refractivity contribution in [2.45, 2.75) is 13.5 Å². The highest BCUT2D eigenvalue weighted by Gasteiger charge is 2.12. The van der Waals surface area contributed by atoms with E-state index >= 15 is 0 Å². The molecule has 0 radical (unpaired) electrons. The van der Waals surface area contributed by atoms with E-state index in [2.05, 4.69) is 25.0 Å². The molecule has 1 N–H and O–H groups in total. The molecule has 3 aromatic heterocycles. The molecule has 3 heterocycles. The molecule has 0 saturated carbocycles. The number of rotatable bonds is 4. The lowest BCUT2D eigenvalue weighted by Gasteiger charge is -2.05. The molecule has 0 atom stereocenters. The van der Waals surface area contributed by atoms with E-state index in [-0.39, 0.29) is 5.91 Å². The van der Waals surface area contributed by atoms with Crippen molar-refractivity contribution in [3.8, 4) is 11.1 Å². The van der Waals surface area contributed by atoms with Gasteiger partial charge in [0.15, 0.2) is 0 Å². The van der Waals surface area contributed by atoms with Gasteiger partial charge < -0.3 is 5.32 Å². The lowest BCUT2D eigenvalue weighted by molar-refractivity contribution is 0.0954. The normalized spacial score (nSPS) is 10.6. The van der Waals surface area contributed by atoms with Crippen molar-refractivity contribution in [2.24, 2.45) is 7.05 Å². The van der Waals surface area contributed by atoms with Crippen LogP contribution in [0.2, 0.25) is 0 Å². The van der Waals surface area contributed by atoms with Gasteiger partial charge in [-0.15, -0.1) is 5.10 Å². The van der Waals surface area contributed by atoms with E-state index in [1.807, 2.05) is 19.3 Å². The Morgan fingerprint density at radius 1 is 1.32 bits per heavy atom. The Labute approximate surface area is 131 Å². The molecule has 112 valence electrons. The fraction of sp³-hybridized carbons (Fsp3) is 0.214. The van der Waals surface area contributed by atoms with Crippen LogP contribution in [0.5, 0.6) is 0 Å². The van der Waals surface area contributed by atoms with Crippen LogP contribution >= 0.6 is 11.5 Å². The van der Waals surface area contributed by atoms with E-state index < -0.39 is 0 Å². The van der Waals surface area contributed by atoms with Crippen molar-refractivity contribution in [1.29, 1.82) is 0 Å². The lowest BCUT2D eigenvalue weighted by Crippen LogP contribution is -2.22. The van der Waals surface area contributed by atoms with Gasteiger partial charge in [-0.25, -0.2) is 0 Å². The van der Waals surface area contributed by atoms with Crippen LogP contribution in [0.1, 0.15) is 20.9 Å². The van der Waals surface area contributed by atoms with Gasteiger partial charge >= 0.3 is 0 Å². The zero-order valence-corrected chi connectivity index (χ0v) is 13.0. The van der Waals surface area contributed by atoms with Gasteiger partial charge in [-0.05, 0) is 30.1 Å². The second-order valence-electron chi connectivity index (χ2n) is 4.85. The highest BCUT2D eigenvalue weighted by molar-refractivity contribution is 7.07. The number of hydrogen-bond acceptors (Lipinski definition) is 6. The van der Waals surface area contributed by atoms with Gasteiger partial charge in [0.1, 0.15) is 4.88 Å². The smallest absolute Gasteiger partial charge is 0.265 e. The predicted octanol–water partition coefficient (Wildman–Crippen LogP) is 1.57. The van der Waals surface area contributed by atoms with E-state index in [1.54, 1.807) is 30.2 Å². The highest BCUT2D eigenvalue weighted by atomic mass is 32.1. The molecule has 7 nitrogen and oxygen atoms in total. The summed E-state index contributed by atoms with van der Waals surface area (Å²) in [6.45, 7) is 2.17. The Kier molecular flexibility index (Phi) is 3.92. The number of pyridine rings is 1. The molecule has 3 aromatic rings. The van der Waals surface area contributed by atoms with E-state index in [1.165, 1.54) is 0 Å². The van der Waals surface area contributed by atoms with Crippen LogP contribution in [-0.2, 0) is 13.6 Å². The van der Waals surface area contributed by atoms with E-state index in [0.29, 0.717) is 17.1 Å². The fourth-order valence-corrected chi connectivity index (χ4v) is 2.59. The summed E-state index contributed by atoms with van der Waals surface area (Å²) in [4.78, 5) is 16.8. The minimum absolute atomic E-state index is 0.167. The number of aromatic nitrogens is 5. The summed E-state index contributed by atoms with van der Waals surface area (Å²) in [5.74, 6) is -0.167. The molecule has 0 bridgehead atoms. The van der Waals surface area contributed by atoms with Crippen molar-refractivity contribution in [1.82, 2.24) is 29.7 Å². The lowest BCUT2D eigenvalue weighted by atomic mass is 10.1. The van der Waals surface area contributed by atoms with Gasteiger partial charge in [0.25, 0.3) is 5.91 Å². The number of nitrogens with one attached hydrogen (secondary N) is 1. The minimum Gasteiger partial charge on any atom is -0.347 e. The second kappa shape index (κ2) is 6.02. The number of hydrogen-bond donors (Lipinski definition) is 1. The number of carbonyl (C=O) groups is 1. The zero-order chi connectivity index (χ0) is 15.5. The maximum absolute atomic E-state index is 12.0. The third-order valence-corrected chi connectivity index (χ3v) is 3.97. The summed E-state index contributed by atoms with van der Waals surface area (Å²) in [5, 5.41) is 10.8. The van der Waals surface area contributed by atoms with Crippen molar-refractivity contribution in [3.63, 3.8) is 0 Å². The van der Waals surface area contributed by atoms with E-state index in [4.69, 9.17) is 0 Å². The van der Waals surface area contributed by atoms with Crippen LogP contribution in [0.25, 0.3) is 11.1 Å². The van der Waals surface area contributed by atoms with Gasteiger partial charge in [0, 0.05) is 43.3 Å². The summed E-state index contributed by atoms with van der Waals surface area (Å²) in [7, 11) is 1.87. The first-order valence-electron chi connectivity index (χ1n) is 6.63. The average molecular weight is 314 g/mol. The average Bonchev–Trinajstić information content (AvgIpc) is 3.14. The predicted molar refractivity (Wildman–Crippen MR) is 82.3 cm³/mol. The molecule has 0 unspecified atom stereocenters. The Balaban J connectivity index is 1.71. The maximum atomic E-state index is 12.0. The Bertz CT molecular complexity index is 809. The molecule has 0 aliphatic carbocycles. The summed E-state index contributed by atoms with van der Waals surface area (Å²) < 4.78 is 5.50. The number of amides is 1. The molecule has 1 amide bonds. The molecular weight excluding hydrogens is 300 g/mol. The quantitative estimate of drug-likeness (QED) is 0.790.